The molecule has 5 nitrogen and oxygen atoms in total. The van der Waals surface area contributed by atoms with Gasteiger partial charge in [0, 0.05) is 18.5 Å². The van der Waals surface area contributed by atoms with E-state index in [-0.39, 0.29) is 35.0 Å². The van der Waals surface area contributed by atoms with Crippen LogP contribution in [0.2, 0.25) is 5.02 Å². The van der Waals surface area contributed by atoms with E-state index in [1.165, 1.54) is 0 Å². The van der Waals surface area contributed by atoms with Gasteiger partial charge in [0.15, 0.2) is 11.7 Å². The summed E-state index contributed by atoms with van der Waals surface area (Å²) in [6.07, 6.45) is -2.06. The maximum absolute atomic E-state index is 14.0. The maximum Gasteiger partial charge on any atom is 0.410 e. The van der Waals surface area contributed by atoms with Crippen LogP contribution in [0.4, 0.5) is 19.0 Å². The van der Waals surface area contributed by atoms with Gasteiger partial charge in [0.2, 0.25) is 0 Å². The summed E-state index contributed by atoms with van der Waals surface area (Å²) in [5, 5.41) is 7.14. The number of amides is 1. The molecule has 2 aliphatic heterocycles. The highest BCUT2D eigenvalue weighted by Gasteiger charge is 2.48. The fourth-order valence-corrected chi connectivity index (χ4v) is 4.95. The van der Waals surface area contributed by atoms with Gasteiger partial charge in [-0.1, -0.05) is 41.4 Å². The van der Waals surface area contributed by atoms with Gasteiger partial charge in [-0.05, 0) is 45.6 Å². The number of rotatable bonds is 2. The fraction of sp³-hybridized carbons (Fsp3) is 0.545. The Morgan fingerprint density at radius 3 is 2.35 bits per heavy atom. The molecule has 2 aliphatic rings. The molecule has 168 valence electrons. The van der Waals surface area contributed by atoms with Crippen molar-refractivity contribution in [3.8, 4) is 0 Å². The Balaban J connectivity index is 1.74. The van der Waals surface area contributed by atoms with Gasteiger partial charge in [-0.3, -0.25) is 4.79 Å². The van der Waals surface area contributed by atoms with E-state index in [1.54, 1.807) is 4.90 Å². The number of carbonyl (C=O) groups is 1. The summed E-state index contributed by atoms with van der Waals surface area (Å²) < 4.78 is 42.7. The van der Waals surface area contributed by atoms with Crippen LogP contribution in [-0.4, -0.2) is 38.8 Å². The molecular formula is C22H26ClF3N4O. The quantitative estimate of drug-likeness (QED) is 0.613. The molecule has 9 heteroatoms. The Hall–Kier alpha value is -2.22. The van der Waals surface area contributed by atoms with E-state index in [0.29, 0.717) is 0 Å². The van der Waals surface area contributed by atoms with Crippen molar-refractivity contribution in [2.45, 2.75) is 76.8 Å². The molecule has 0 saturated carbocycles. The second kappa shape index (κ2) is 8.04. The first-order chi connectivity index (χ1) is 14.6. The summed E-state index contributed by atoms with van der Waals surface area (Å²) >= 11 is 6.48. The first-order valence-corrected chi connectivity index (χ1v) is 11.0. The lowest BCUT2D eigenvalue weighted by Crippen LogP contribution is -2.47. The lowest BCUT2D eigenvalue weighted by atomic mass is 9.96. The third-order valence-corrected chi connectivity index (χ3v) is 6.76. The van der Waals surface area contributed by atoms with Crippen LogP contribution in [0.5, 0.6) is 0 Å². The Morgan fingerprint density at radius 1 is 1.16 bits per heavy atom. The predicted molar refractivity (Wildman–Crippen MR) is 113 cm³/mol. The van der Waals surface area contributed by atoms with E-state index in [9.17, 15) is 18.0 Å². The van der Waals surface area contributed by atoms with Crippen LogP contribution in [0.25, 0.3) is 0 Å². The lowest BCUT2D eigenvalue weighted by molar-refractivity contribution is -0.173. The Kier molecular flexibility index (Phi) is 5.70. The van der Waals surface area contributed by atoms with Crippen LogP contribution in [0.15, 0.2) is 24.3 Å². The minimum atomic E-state index is -4.53. The van der Waals surface area contributed by atoms with Crippen LogP contribution >= 0.6 is 11.6 Å². The molecule has 4 atom stereocenters. The molecule has 1 aromatic carbocycles. The van der Waals surface area contributed by atoms with E-state index in [1.807, 2.05) is 45.0 Å². The third-order valence-electron chi connectivity index (χ3n) is 6.41. The van der Waals surface area contributed by atoms with Gasteiger partial charge in [0.1, 0.15) is 10.8 Å². The molecule has 0 unspecified atom stereocenters. The van der Waals surface area contributed by atoms with Crippen molar-refractivity contribution >= 4 is 23.3 Å². The van der Waals surface area contributed by atoms with Crippen molar-refractivity contribution in [1.29, 1.82) is 0 Å². The van der Waals surface area contributed by atoms with Gasteiger partial charge in [-0.15, -0.1) is 0 Å². The molecule has 1 amide bonds. The van der Waals surface area contributed by atoms with Crippen molar-refractivity contribution < 1.29 is 18.0 Å². The number of halogens is 4. The minimum absolute atomic E-state index is 0.0160. The lowest BCUT2D eigenvalue weighted by Gasteiger charge is -2.38. The van der Waals surface area contributed by atoms with Crippen LogP contribution in [0, 0.1) is 6.92 Å². The fourth-order valence-electron chi connectivity index (χ4n) is 4.69. The number of aryl methyl sites for hydroxylation is 1. The molecular weight excluding hydrogens is 429 g/mol. The second-order valence-corrected chi connectivity index (χ2v) is 9.08. The second-order valence-electron chi connectivity index (χ2n) is 8.70. The highest BCUT2D eigenvalue weighted by atomic mass is 35.5. The van der Waals surface area contributed by atoms with E-state index in [2.05, 4.69) is 10.4 Å². The van der Waals surface area contributed by atoms with Gasteiger partial charge >= 0.3 is 6.18 Å². The summed E-state index contributed by atoms with van der Waals surface area (Å²) in [6, 6.07) is 4.85. The summed E-state index contributed by atoms with van der Waals surface area (Å²) in [4.78, 5) is 15.0. The topological polar surface area (TPSA) is 50.2 Å². The van der Waals surface area contributed by atoms with Crippen LogP contribution in [-0.2, 0) is 0 Å². The van der Waals surface area contributed by atoms with Crippen molar-refractivity contribution in [2.24, 2.45) is 0 Å². The number of nitrogens with zero attached hydrogens (tertiary/aromatic N) is 3. The number of fused-ring (bicyclic) bond motifs is 1. The van der Waals surface area contributed by atoms with Gasteiger partial charge in [-0.25, -0.2) is 4.68 Å². The summed E-state index contributed by atoms with van der Waals surface area (Å²) in [7, 11) is 0. The molecule has 0 spiro atoms. The highest BCUT2D eigenvalue weighted by molar-refractivity contribution is 6.36. The Bertz CT molecular complexity index is 962. The molecule has 1 aromatic heterocycles. The normalized spacial score (nSPS) is 26.4. The van der Waals surface area contributed by atoms with Crippen molar-refractivity contribution in [2.75, 3.05) is 5.32 Å². The van der Waals surface area contributed by atoms with E-state index < -0.39 is 24.2 Å². The van der Waals surface area contributed by atoms with E-state index in [0.717, 1.165) is 35.1 Å². The Morgan fingerprint density at radius 2 is 1.77 bits per heavy atom. The number of hydrogen-bond acceptors (Lipinski definition) is 3. The average Bonchev–Trinajstić information content (AvgIpc) is 3.03. The van der Waals surface area contributed by atoms with Crippen LogP contribution < -0.4 is 5.32 Å². The number of hydrogen-bond donors (Lipinski definition) is 1. The average molecular weight is 455 g/mol. The first kappa shape index (κ1) is 22.0. The standard InChI is InChI=1S/C22H26ClF3N4O/c1-12-7-9-15(10-8-12)16-11-17(22(24,25)26)30-20(27-16)18(23)19(28-30)21(31)29-13(2)5-4-6-14(29)3/h7-10,13-14,16-17,27H,4-6,11H2,1-3H3/t13-,14-,16+,17-/m1/s1. The number of benzene rings is 1. The Labute approximate surface area is 184 Å². The number of carbonyl (C=O) groups excluding carboxylic acids is 1. The molecule has 0 radical (unpaired) electrons. The first-order valence-electron chi connectivity index (χ1n) is 10.6. The number of anilines is 1. The zero-order valence-electron chi connectivity index (χ0n) is 17.7. The SMILES string of the molecule is Cc1ccc([C@@H]2C[C@H](C(F)(F)F)n3nc(C(=O)N4[C@H](C)CCC[C@H]4C)c(Cl)c3N2)cc1. The molecule has 4 rings (SSSR count). The van der Waals surface area contributed by atoms with Gasteiger partial charge in [0.25, 0.3) is 5.91 Å². The largest absolute Gasteiger partial charge is 0.410 e. The van der Waals surface area contributed by atoms with Crippen LogP contribution in [0.1, 0.15) is 73.2 Å². The molecule has 31 heavy (non-hydrogen) atoms. The molecule has 0 bridgehead atoms. The molecule has 1 saturated heterocycles. The van der Waals surface area contributed by atoms with Crippen molar-refractivity contribution in [1.82, 2.24) is 14.7 Å². The minimum Gasteiger partial charge on any atom is -0.362 e. The van der Waals surface area contributed by atoms with E-state index in [4.69, 9.17) is 11.6 Å². The molecule has 2 aromatic rings. The number of nitrogens with one attached hydrogen (secondary N) is 1. The smallest absolute Gasteiger partial charge is 0.362 e. The van der Waals surface area contributed by atoms with Gasteiger partial charge < -0.3 is 10.2 Å². The van der Waals surface area contributed by atoms with E-state index >= 15 is 0 Å². The monoisotopic (exact) mass is 454 g/mol. The summed E-state index contributed by atoms with van der Waals surface area (Å²) in [5.41, 5.74) is 1.63. The number of piperidine rings is 1. The zero-order valence-corrected chi connectivity index (χ0v) is 18.5. The number of likely N-dealkylation sites (tertiary alicyclic amines) is 1. The molecule has 1 N–H and O–H groups in total. The van der Waals surface area contributed by atoms with Crippen molar-refractivity contribution in [3.63, 3.8) is 0 Å². The van der Waals surface area contributed by atoms with Gasteiger partial charge in [0.05, 0.1) is 6.04 Å². The number of aromatic nitrogens is 2. The highest BCUT2D eigenvalue weighted by Crippen LogP contribution is 2.46. The molecule has 1 fully saturated rings. The maximum atomic E-state index is 14.0. The number of alkyl halides is 3. The molecule has 0 aliphatic carbocycles. The zero-order chi connectivity index (χ0) is 22.5. The predicted octanol–water partition coefficient (Wildman–Crippen LogP) is 5.91. The summed E-state index contributed by atoms with van der Waals surface area (Å²) in [6.45, 7) is 5.81. The molecule has 3 heterocycles. The van der Waals surface area contributed by atoms with Crippen molar-refractivity contribution in [3.05, 3.63) is 46.1 Å². The third kappa shape index (κ3) is 4.02. The van der Waals surface area contributed by atoms with Crippen LogP contribution in [0.3, 0.4) is 0 Å². The summed E-state index contributed by atoms with van der Waals surface area (Å²) in [5.74, 6) is -0.373. The van der Waals surface area contributed by atoms with Gasteiger partial charge in [-0.2, -0.15) is 18.3 Å².